The van der Waals surface area contributed by atoms with Crippen LogP contribution in [-0.4, -0.2) is 17.5 Å². The standard InChI is InChI=1S/C17H28O2/c1-13(2)7-5-9-15-10-11-16(19)17(15,4)14(3)8-6-12-18/h7,15,18H,3,5-6,8-12H2,1-2,4H3/t15-,17+/m0/s1. The van der Waals surface area contributed by atoms with Gasteiger partial charge in [0.1, 0.15) is 5.78 Å². The average Bonchev–Trinajstić information content (AvgIpc) is 2.64. The van der Waals surface area contributed by atoms with Gasteiger partial charge in [-0.1, -0.05) is 23.8 Å². The second kappa shape index (κ2) is 7.04. The van der Waals surface area contributed by atoms with Crippen molar-refractivity contribution in [1.82, 2.24) is 0 Å². The van der Waals surface area contributed by atoms with Crippen LogP contribution in [0.1, 0.15) is 59.3 Å². The molecule has 0 aromatic heterocycles. The number of hydrogen-bond acceptors (Lipinski definition) is 2. The normalized spacial score (nSPS) is 26.5. The molecule has 0 aromatic rings. The van der Waals surface area contributed by atoms with Crippen molar-refractivity contribution >= 4 is 5.78 Å². The summed E-state index contributed by atoms with van der Waals surface area (Å²) in [5, 5.41) is 8.94. The number of aliphatic hydroxyl groups excluding tert-OH is 1. The highest BCUT2D eigenvalue weighted by Crippen LogP contribution is 2.48. The topological polar surface area (TPSA) is 37.3 Å². The summed E-state index contributed by atoms with van der Waals surface area (Å²) in [5.74, 6) is 0.763. The number of hydrogen-bond donors (Lipinski definition) is 1. The van der Waals surface area contributed by atoms with Gasteiger partial charge in [-0.2, -0.15) is 0 Å². The molecule has 0 spiro atoms. The van der Waals surface area contributed by atoms with Gasteiger partial charge in [-0.05, 0) is 58.8 Å². The summed E-state index contributed by atoms with van der Waals surface area (Å²) < 4.78 is 0. The van der Waals surface area contributed by atoms with E-state index in [0.29, 0.717) is 24.5 Å². The summed E-state index contributed by atoms with van der Waals surface area (Å²) in [5.41, 5.74) is 2.00. The van der Waals surface area contributed by atoms with Crippen molar-refractivity contribution in [3.63, 3.8) is 0 Å². The molecule has 2 nitrogen and oxygen atoms in total. The van der Waals surface area contributed by atoms with Crippen LogP contribution in [0.4, 0.5) is 0 Å². The molecular formula is C17H28O2. The van der Waals surface area contributed by atoms with E-state index < -0.39 is 0 Å². The molecule has 19 heavy (non-hydrogen) atoms. The monoisotopic (exact) mass is 264 g/mol. The van der Waals surface area contributed by atoms with Crippen molar-refractivity contribution in [1.29, 1.82) is 0 Å². The molecular weight excluding hydrogens is 236 g/mol. The fourth-order valence-electron chi connectivity index (χ4n) is 3.13. The number of allylic oxidation sites excluding steroid dienone is 3. The summed E-state index contributed by atoms with van der Waals surface area (Å²) >= 11 is 0. The second-order valence-electron chi connectivity index (χ2n) is 6.15. The van der Waals surface area contributed by atoms with Crippen molar-refractivity contribution in [3.8, 4) is 0 Å². The predicted molar refractivity (Wildman–Crippen MR) is 80.0 cm³/mol. The van der Waals surface area contributed by atoms with Gasteiger partial charge in [-0.15, -0.1) is 0 Å². The summed E-state index contributed by atoms with van der Waals surface area (Å²) in [6.45, 7) is 10.6. The van der Waals surface area contributed by atoms with Crippen molar-refractivity contribution in [2.24, 2.45) is 11.3 Å². The Morgan fingerprint density at radius 1 is 1.53 bits per heavy atom. The maximum absolute atomic E-state index is 12.3. The van der Waals surface area contributed by atoms with Crippen LogP contribution in [0.25, 0.3) is 0 Å². The zero-order chi connectivity index (χ0) is 14.5. The Kier molecular flexibility index (Phi) is 5.99. The first-order valence-electron chi connectivity index (χ1n) is 7.38. The number of ketones is 1. The number of aliphatic hydroxyl groups is 1. The Hall–Kier alpha value is -0.890. The Morgan fingerprint density at radius 3 is 2.79 bits per heavy atom. The van der Waals surface area contributed by atoms with Gasteiger partial charge in [0.15, 0.2) is 0 Å². The maximum Gasteiger partial charge on any atom is 0.143 e. The molecule has 1 N–H and O–H groups in total. The van der Waals surface area contributed by atoms with Gasteiger partial charge in [-0.25, -0.2) is 0 Å². The molecule has 1 saturated carbocycles. The van der Waals surface area contributed by atoms with Gasteiger partial charge >= 0.3 is 0 Å². The van der Waals surface area contributed by atoms with E-state index in [-0.39, 0.29) is 12.0 Å². The van der Waals surface area contributed by atoms with Crippen molar-refractivity contribution in [2.45, 2.75) is 59.3 Å². The quantitative estimate of drug-likeness (QED) is 0.704. The average molecular weight is 264 g/mol. The summed E-state index contributed by atoms with van der Waals surface area (Å²) in [6.07, 6.45) is 7.51. The van der Waals surface area contributed by atoms with Gasteiger partial charge in [0, 0.05) is 18.4 Å². The number of carbonyl (C=O) groups excluding carboxylic acids is 1. The van der Waals surface area contributed by atoms with Crippen LogP contribution < -0.4 is 0 Å². The molecule has 2 atom stereocenters. The number of Topliss-reactive ketones (excluding diaryl/α,β-unsaturated/α-hetero) is 1. The van der Waals surface area contributed by atoms with Gasteiger partial charge in [0.25, 0.3) is 0 Å². The van der Waals surface area contributed by atoms with Crippen molar-refractivity contribution < 1.29 is 9.90 Å². The second-order valence-corrected chi connectivity index (χ2v) is 6.15. The summed E-state index contributed by atoms with van der Waals surface area (Å²) in [7, 11) is 0. The Bertz CT molecular complexity index is 363. The molecule has 0 radical (unpaired) electrons. The van der Waals surface area contributed by atoms with Gasteiger partial charge in [0.2, 0.25) is 0 Å². The zero-order valence-electron chi connectivity index (χ0n) is 12.7. The van der Waals surface area contributed by atoms with Crippen LogP contribution in [0.3, 0.4) is 0 Å². The molecule has 0 aromatic carbocycles. The fourth-order valence-corrected chi connectivity index (χ4v) is 3.13. The van der Waals surface area contributed by atoms with E-state index in [2.05, 4.69) is 33.4 Å². The third kappa shape index (κ3) is 3.79. The van der Waals surface area contributed by atoms with Crippen LogP contribution in [0.5, 0.6) is 0 Å². The first-order chi connectivity index (χ1) is 8.92. The lowest BCUT2D eigenvalue weighted by Crippen LogP contribution is -2.31. The van der Waals surface area contributed by atoms with Gasteiger partial charge < -0.3 is 5.11 Å². The molecule has 1 rings (SSSR count). The predicted octanol–water partition coefficient (Wildman–Crippen LogP) is 4.05. The van der Waals surface area contributed by atoms with Crippen molar-refractivity contribution in [3.05, 3.63) is 23.8 Å². The largest absolute Gasteiger partial charge is 0.396 e. The molecule has 1 aliphatic rings. The Morgan fingerprint density at radius 2 is 2.21 bits per heavy atom. The van der Waals surface area contributed by atoms with E-state index in [1.165, 1.54) is 5.57 Å². The smallest absolute Gasteiger partial charge is 0.143 e. The van der Waals surface area contributed by atoms with E-state index in [1.807, 2.05) is 0 Å². The van der Waals surface area contributed by atoms with E-state index in [4.69, 9.17) is 5.11 Å². The summed E-state index contributed by atoms with van der Waals surface area (Å²) in [4.78, 5) is 12.3. The third-order valence-corrected chi connectivity index (χ3v) is 4.55. The molecule has 108 valence electrons. The van der Waals surface area contributed by atoms with E-state index in [9.17, 15) is 4.79 Å². The molecule has 0 amide bonds. The van der Waals surface area contributed by atoms with Gasteiger partial charge in [-0.3, -0.25) is 4.79 Å². The van der Waals surface area contributed by atoms with E-state index >= 15 is 0 Å². The van der Waals surface area contributed by atoms with Crippen LogP contribution in [0.2, 0.25) is 0 Å². The number of carbonyl (C=O) groups is 1. The lowest BCUT2D eigenvalue weighted by molar-refractivity contribution is -0.124. The minimum absolute atomic E-state index is 0.172. The highest BCUT2D eigenvalue weighted by atomic mass is 16.2. The lowest BCUT2D eigenvalue weighted by atomic mass is 9.70. The molecule has 0 heterocycles. The Balaban J connectivity index is 2.72. The molecule has 0 saturated heterocycles. The molecule has 0 bridgehead atoms. The van der Waals surface area contributed by atoms with Crippen LogP contribution in [0, 0.1) is 11.3 Å². The van der Waals surface area contributed by atoms with Crippen molar-refractivity contribution in [2.75, 3.05) is 6.61 Å². The highest BCUT2D eigenvalue weighted by molar-refractivity contribution is 5.89. The van der Waals surface area contributed by atoms with E-state index in [0.717, 1.165) is 31.3 Å². The first kappa shape index (κ1) is 16.2. The maximum atomic E-state index is 12.3. The fraction of sp³-hybridized carbons (Fsp3) is 0.706. The van der Waals surface area contributed by atoms with Gasteiger partial charge in [0.05, 0.1) is 0 Å². The minimum atomic E-state index is -0.356. The van der Waals surface area contributed by atoms with Crippen LogP contribution in [-0.2, 0) is 4.79 Å². The zero-order valence-corrected chi connectivity index (χ0v) is 12.7. The van der Waals surface area contributed by atoms with Crippen LogP contribution >= 0.6 is 0 Å². The Labute approximate surface area is 117 Å². The van der Waals surface area contributed by atoms with E-state index in [1.54, 1.807) is 0 Å². The molecule has 1 aliphatic carbocycles. The highest BCUT2D eigenvalue weighted by Gasteiger charge is 2.46. The molecule has 2 heteroatoms. The first-order valence-corrected chi connectivity index (χ1v) is 7.38. The third-order valence-electron chi connectivity index (χ3n) is 4.55. The molecule has 0 unspecified atom stereocenters. The molecule has 0 aliphatic heterocycles. The SMILES string of the molecule is C=C(CCCO)[C@@]1(C)C(=O)CC[C@@H]1CCC=C(C)C. The minimum Gasteiger partial charge on any atom is -0.396 e. The summed E-state index contributed by atoms with van der Waals surface area (Å²) in [6, 6.07) is 0. The number of rotatable bonds is 7. The lowest BCUT2D eigenvalue weighted by Gasteiger charge is -2.32. The molecule has 1 fully saturated rings. The van der Waals surface area contributed by atoms with Crippen LogP contribution in [0.15, 0.2) is 23.8 Å².